The number of imidazole rings is 1. The summed E-state index contributed by atoms with van der Waals surface area (Å²) in [5.74, 6) is 0.860. The largest absolute Gasteiger partial charge is 0.342 e. The maximum atomic E-state index is 12.2. The second-order valence-electron chi connectivity index (χ2n) is 4.88. The molecule has 0 fully saturated rings. The third-order valence-corrected chi connectivity index (χ3v) is 3.30. The first kappa shape index (κ1) is 13.2. The standard InChI is InChI=1S/C16H16N4O/c1-11-17-14-9-8-13(10-15(14)18-11)20(2)16(21)19-12-6-4-3-5-7-12/h3-10H,1-2H3,(H,17,18)(H,19,21). The number of anilines is 2. The van der Waals surface area contributed by atoms with Crippen molar-refractivity contribution in [2.24, 2.45) is 0 Å². The normalized spacial score (nSPS) is 10.6. The van der Waals surface area contributed by atoms with Crippen LogP contribution < -0.4 is 10.2 Å². The smallest absolute Gasteiger partial charge is 0.326 e. The molecule has 0 atom stereocenters. The second-order valence-corrected chi connectivity index (χ2v) is 4.88. The Morgan fingerprint density at radius 3 is 2.71 bits per heavy atom. The molecule has 0 aliphatic heterocycles. The predicted octanol–water partition coefficient (Wildman–Crippen LogP) is 3.54. The molecule has 3 aromatic rings. The number of aromatic nitrogens is 2. The fourth-order valence-corrected chi connectivity index (χ4v) is 2.18. The number of para-hydroxylation sites is 1. The van der Waals surface area contributed by atoms with Crippen molar-refractivity contribution in [2.45, 2.75) is 6.92 Å². The summed E-state index contributed by atoms with van der Waals surface area (Å²) in [6.45, 7) is 1.91. The van der Waals surface area contributed by atoms with Crippen LogP contribution in [0.15, 0.2) is 48.5 Å². The molecule has 21 heavy (non-hydrogen) atoms. The van der Waals surface area contributed by atoms with Gasteiger partial charge in [-0.25, -0.2) is 9.78 Å². The van der Waals surface area contributed by atoms with Gasteiger partial charge in [0.2, 0.25) is 0 Å². The SMILES string of the molecule is Cc1nc2ccc(N(C)C(=O)Nc3ccccc3)cc2[nH]1. The zero-order valence-electron chi connectivity index (χ0n) is 11.9. The zero-order valence-corrected chi connectivity index (χ0v) is 11.9. The van der Waals surface area contributed by atoms with Crippen LogP contribution in [0, 0.1) is 6.92 Å². The van der Waals surface area contributed by atoms with Gasteiger partial charge < -0.3 is 10.3 Å². The molecule has 2 amide bonds. The van der Waals surface area contributed by atoms with E-state index in [-0.39, 0.29) is 6.03 Å². The Kier molecular flexibility index (Phi) is 3.31. The Labute approximate surface area is 122 Å². The van der Waals surface area contributed by atoms with Gasteiger partial charge in [0.25, 0.3) is 0 Å². The monoisotopic (exact) mass is 280 g/mol. The Bertz CT molecular complexity index is 779. The van der Waals surface area contributed by atoms with Crippen molar-refractivity contribution in [3.63, 3.8) is 0 Å². The maximum Gasteiger partial charge on any atom is 0.326 e. The number of rotatable bonds is 2. The molecule has 0 bridgehead atoms. The van der Waals surface area contributed by atoms with E-state index in [4.69, 9.17) is 0 Å². The maximum absolute atomic E-state index is 12.2. The van der Waals surface area contributed by atoms with Crippen LogP contribution >= 0.6 is 0 Å². The van der Waals surface area contributed by atoms with Gasteiger partial charge in [0.15, 0.2) is 0 Å². The number of nitrogens with zero attached hydrogens (tertiary/aromatic N) is 2. The molecule has 2 N–H and O–H groups in total. The van der Waals surface area contributed by atoms with Crippen molar-refractivity contribution in [3.8, 4) is 0 Å². The average molecular weight is 280 g/mol. The molecular formula is C16H16N4O. The van der Waals surface area contributed by atoms with Crippen molar-refractivity contribution < 1.29 is 4.79 Å². The summed E-state index contributed by atoms with van der Waals surface area (Å²) in [5.41, 5.74) is 3.39. The van der Waals surface area contributed by atoms with E-state index >= 15 is 0 Å². The molecule has 0 aliphatic carbocycles. The Hall–Kier alpha value is -2.82. The van der Waals surface area contributed by atoms with E-state index in [2.05, 4.69) is 15.3 Å². The third-order valence-electron chi connectivity index (χ3n) is 3.30. The molecule has 5 nitrogen and oxygen atoms in total. The molecule has 0 spiro atoms. The lowest BCUT2D eigenvalue weighted by Crippen LogP contribution is -2.31. The molecule has 3 rings (SSSR count). The lowest BCUT2D eigenvalue weighted by atomic mass is 10.2. The summed E-state index contributed by atoms with van der Waals surface area (Å²) < 4.78 is 0. The number of carbonyl (C=O) groups is 1. The van der Waals surface area contributed by atoms with Gasteiger partial charge in [-0.2, -0.15) is 0 Å². The van der Waals surface area contributed by atoms with Gasteiger partial charge in [0, 0.05) is 18.4 Å². The Morgan fingerprint density at radius 1 is 1.19 bits per heavy atom. The molecule has 106 valence electrons. The molecule has 0 saturated carbocycles. The summed E-state index contributed by atoms with van der Waals surface area (Å²) in [4.78, 5) is 21.3. The predicted molar refractivity (Wildman–Crippen MR) is 84.7 cm³/mol. The number of aromatic amines is 1. The third kappa shape index (κ3) is 2.72. The fourth-order valence-electron chi connectivity index (χ4n) is 2.18. The Morgan fingerprint density at radius 2 is 1.95 bits per heavy atom. The van der Waals surface area contributed by atoms with Crippen molar-refractivity contribution in [3.05, 3.63) is 54.4 Å². The van der Waals surface area contributed by atoms with E-state index in [0.717, 1.165) is 28.2 Å². The number of fused-ring (bicyclic) bond motifs is 1. The van der Waals surface area contributed by atoms with Crippen LogP contribution in [-0.2, 0) is 0 Å². The zero-order chi connectivity index (χ0) is 14.8. The summed E-state index contributed by atoms with van der Waals surface area (Å²) in [7, 11) is 1.74. The van der Waals surface area contributed by atoms with Gasteiger partial charge in [-0.3, -0.25) is 4.90 Å². The van der Waals surface area contributed by atoms with Crippen molar-refractivity contribution in [1.82, 2.24) is 9.97 Å². The summed E-state index contributed by atoms with van der Waals surface area (Å²) in [5, 5.41) is 2.85. The first-order valence-electron chi connectivity index (χ1n) is 6.69. The van der Waals surface area contributed by atoms with Gasteiger partial charge in [0.1, 0.15) is 5.82 Å². The minimum absolute atomic E-state index is 0.184. The van der Waals surface area contributed by atoms with Crippen LogP contribution in [0.4, 0.5) is 16.2 Å². The summed E-state index contributed by atoms with van der Waals surface area (Å²) in [6.07, 6.45) is 0. The van der Waals surface area contributed by atoms with Crippen LogP contribution in [0.25, 0.3) is 11.0 Å². The van der Waals surface area contributed by atoms with E-state index in [9.17, 15) is 4.79 Å². The number of hydrogen-bond acceptors (Lipinski definition) is 2. The van der Waals surface area contributed by atoms with Crippen LogP contribution in [0.3, 0.4) is 0 Å². The lowest BCUT2D eigenvalue weighted by Gasteiger charge is -2.18. The van der Waals surface area contributed by atoms with E-state index in [1.54, 1.807) is 11.9 Å². The quantitative estimate of drug-likeness (QED) is 0.754. The van der Waals surface area contributed by atoms with Gasteiger partial charge in [-0.1, -0.05) is 18.2 Å². The van der Waals surface area contributed by atoms with Crippen molar-refractivity contribution >= 4 is 28.4 Å². The van der Waals surface area contributed by atoms with Crippen LogP contribution in [0.2, 0.25) is 0 Å². The molecule has 0 radical (unpaired) electrons. The van der Waals surface area contributed by atoms with E-state index in [1.165, 1.54) is 0 Å². The van der Waals surface area contributed by atoms with Crippen molar-refractivity contribution in [1.29, 1.82) is 0 Å². The van der Waals surface area contributed by atoms with E-state index < -0.39 is 0 Å². The number of amides is 2. The highest BCUT2D eigenvalue weighted by molar-refractivity contribution is 6.02. The highest BCUT2D eigenvalue weighted by Crippen LogP contribution is 2.20. The number of carbonyl (C=O) groups excluding carboxylic acids is 1. The molecule has 0 saturated heterocycles. The summed E-state index contributed by atoms with van der Waals surface area (Å²) >= 11 is 0. The second kappa shape index (κ2) is 5.28. The van der Waals surface area contributed by atoms with Gasteiger partial charge in [0.05, 0.1) is 11.0 Å². The molecule has 1 aromatic heterocycles. The van der Waals surface area contributed by atoms with Gasteiger partial charge in [-0.15, -0.1) is 0 Å². The molecule has 0 unspecified atom stereocenters. The number of nitrogens with one attached hydrogen (secondary N) is 2. The molecule has 0 aliphatic rings. The minimum Gasteiger partial charge on any atom is -0.342 e. The lowest BCUT2D eigenvalue weighted by molar-refractivity contribution is 0.258. The highest BCUT2D eigenvalue weighted by atomic mass is 16.2. The molecule has 1 heterocycles. The van der Waals surface area contributed by atoms with Gasteiger partial charge in [-0.05, 0) is 37.3 Å². The average Bonchev–Trinajstić information content (AvgIpc) is 2.86. The van der Waals surface area contributed by atoms with E-state index in [1.807, 2.05) is 55.5 Å². The van der Waals surface area contributed by atoms with Crippen LogP contribution in [-0.4, -0.2) is 23.0 Å². The molecule has 2 aromatic carbocycles. The number of H-pyrrole nitrogens is 1. The summed E-state index contributed by atoms with van der Waals surface area (Å²) in [6, 6.07) is 14.9. The first-order chi connectivity index (χ1) is 10.1. The number of benzene rings is 2. The number of aryl methyl sites for hydroxylation is 1. The first-order valence-corrected chi connectivity index (χ1v) is 6.69. The van der Waals surface area contributed by atoms with Crippen LogP contribution in [0.1, 0.15) is 5.82 Å². The minimum atomic E-state index is -0.184. The molecular weight excluding hydrogens is 264 g/mol. The Balaban J connectivity index is 1.82. The van der Waals surface area contributed by atoms with Crippen molar-refractivity contribution in [2.75, 3.05) is 17.3 Å². The topological polar surface area (TPSA) is 61.0 Å². The number of urea groups is 1. The number of hydrogen-bond donors (Lipinski definition) is 2. The van der Waals surface area contributed by atoms with Gasteiger partial charge >= 0.3 is 6.03 Å². The highest BCUT2D eigenvalue weighted by Gasteiger charge is 2.12. The van der Waals surface area contributed by atoms with E-state index in [0.29, 0.717) is 0 Å². The van der Waals surface area contributed by atoms with Crippen LogP contribution in [0.5, 0.6) is 0 Å². The fraction of sp³-hybridized carbons (Fsp3) is 0.125. The molecule has 5 heteroatoms.